The fraction of sp³-hybridized carbons (Fsp3) is 0.500. The van der Waals surface area contributed by atoms with E-state index < -0.39 is 0 Å². The summed E-state index contributed by atoms with van der Waals surface area (Å²) in [7, 11) is 1.69. The number of hydrogen-bond acceptors (Lipinski definition) is 5. The van der Waals surface area contributed by atoms with Crippen LogP contribution < -0.4 is 10.1 Å². The summed E-state index contributed by atoms with van der Waals surface area (Å²) in [6.45, 7) is 7.95. The van der Waals surface area contributed by atoms with Crippen molar-refractivity contribution in [2.24, 2.45) is 0 Å². The van der Waals surface area contributed by atoms with Crippen LogP contribution in [-0.2, 0) is 4.74 Å². The van der Waals surface area contributed by atoms with Crippen LogP contribution in [0.2, 0.25) is 0 Å². The molecule has 5 heteroatoms. The fourth-order valence-electron chi connectivity index (χ4n) is 2.99. The normalized spacial score (nSPS) is 15.7. The van der Waals surface area contributed by atoms with Crippen LogP contribution in [0, 0.1) is 6.92 Å². The number of hydrogen-bond donors (Lipinski definition) is 1. The minimum Gasteiger partial charge on any atom is -0.494 e. The van der Waals surface area contributed by atoms with Gasteiger partial charge in [0.15, 0.2) is 0 Å². The van der Waals surface area contributed by atoms with Crippen LogP contribution >= 0.6 is 0 Å². The molecule has 1 aliphatic rings. The largest absolute Gasteiger partial charge is 0.494 e. The third-order valence-electron chi connectivity index (χ3n) is 4.29. The van der Waals surface area contributed by atoms with Gasteiger partial charge in [-0.1, -0.05) is 12.1 Å². The topological polar surface area (TPSA) is 46.6 Å². The van der Waals surface area contributed by atoms with Gasteiger partial charge in [0, 0.05) is 25.0 Å². The number of para-hydroxylation sites is 1. The van der Waals surface area contributed by atoms with E-state index in [1.54, 1.807) is 7.11 Å². The zero-order valence-corrected chi connectivity index (χ0v) is 14.0. The molecule has 0 unspecified atom stereocenters. The van der Waals surface area contributed by atoms with Gasteiger partial charge in [0.1, 0.15) is 17.1 Å². The molecule has 2 heterocycles. The standard InChI is InChI=1S/C18H25N3O2/c1-14-13-17(19-7-4-8-21-9-11-23-12-10-21)20-18-15(14)5-3-6-16(18)22-2/h3,5-6,13H,4,7-12H2,1-2H3,(H,19,20). The number of anilines is 1. The number of ether oxygens (including phenoxy) is 2. The molecule has 124 valence electrons. The van der Waals surface area contributed by atoms with Crippen LogP contribution in [0.4, 0.5) is 5.82 Å². The van der Waals surface area contributed by atoms with Crippen LogP contribution in [0.3, 0.4) is 0 Å². The second-order valence-corrected chi connectivity index (χ2v) is 5.92. The zero-order valence-electron chi connectivity index (χ0n) is 14.0. The highest BCUT2D eigenvalue weighted by Gasteiger charge is 2.10. The van der Waals surface area contributed by atoms with Crippen LogP contribution in [0.1, 0.15) is 12.0 Å². The Bertz CT molecular complexity index is 654. The van der Waals surface area contributed by atoms with E-state index in [4.69, 9.17) is 14.5 Å². The molecule has 5 nitrogen and oxygen atoms in total. The van der Waals surface area contributed by atoms with Gasteiger partial charge in [-0.2, -0.15) is 0 Å². The molecule has 0 amide bonds. The summed E-state index contributed by atoms with van der Waals surface area (Å²) < 4.78 is 10.8. The third kappa shape index (κ3) is 3.92. The lowest BCUT2D eigenvalue weighted by molar-refractivity contribution is 0.0378. The molecule has 1 fully saturated rings. The molecule has 0 bridgehead atoms. The molecule has 23 heavy (non-hydrogen) atoms. The van der Waals surface area contributed by atoms with Gasteiger partial charge in [-0.25, -0.2) is 4.98 Å². The van der Waals surface area contributed by atoms with Gasteiger partial charge in [-0.05, 0) is 37.6 Å². The molecule has 1 saturated heterocycles. The number of morpholine rings is 1. The Morgan fingerprint density at radius 3 is 2.91 bits per heavy atom. The monoisotopic (exact) mass is 315 g/mol. The van der Waals surface area contributed by atoms with E-state index in [1.807, 2.05) is 12.1 Å². The summed E-state index contributed by atoms with van der Waals surface area (Å²) in [6.07, 6.45) is 1.10. The second-order valence-electron chi connectivity index (χ2n) is 5.92. The van der Waals surface area contributed by atoms with Crippen molar-refractivity contribution < 1.29 is 9.47 Å². The van der Waals surface area contributed by atoms with Gasteiger partial charge < -0.3 is 14.8 Å². The second kappa shape index (κ2) is 7.62. The minimum absolute atomic E-state index is 0.822. The Hall–Kier alpha value is -1.85. The Balaban J connectivity index is 1.61. The first-order valence-corrected chi connectivity index (χ1v) is 8.26. The average Bonchev–Trinajstić information content (AvgIpc) is 2.59. The van der Waals surface area contributed by atoms with Gasteiger partial charge in [-0.15, -0.1) is 0 Å². The van der Waals surface area contributed by atoms with Crippen molar-refractivity contribution in [3.8, 4) is 5.75 Å². The van der Waals surface area contributed by atoms with Crippen molar-refractivity contribution in [3.05, 3.63) is 29.8 Å². The smallest absolute Gasteiger partial charge is 0.145 e. The number of nitrogens with zero attached hydrogens (tertiary/aromatic N) is 2. The molecule has 0 radical (unpaired) electrons. The number of nitrogens with one attached hydrogen (secondary N) is 1. The molecule has 2 aromatic rings. The number of fused-ring (bicyclic) bond motifs is 1. The maximum absolute atomic E-state index is 5.43. The van der Waals surface area contributed by atoms with Crippen LogP contribution in [0.25, 0.3) is 10.9 Å². The first-order chi connectivity index (χ1) is 11.3. The number of methoxy groups -OCH3 is 1. The maximum Gasteiger partial charge on any atom is 0.145 e. The Morgan fingerprint density at radius 1 is 1.30 bits per heavy atom. The molecule has 0 spiro atoms. The van der Waals surface area contributed by atoms with Crippen molar-refractivity contribution in [2.45, 2.75) is 13.3 Å². The summed E-state index contributed by atoms with van der Waals surface area (Å²) in [5.74, 6) is 1.74. The maximum atomic E-state index is 5.43. The van der Waals surface area contributed by atoms with E-state index in [-0.39, 0.29) is 0 Å². The molecule has 1 aromatic heterocycles. The van der Waals surface area contributed by atoms with Crippen LogP contribution in [0.5, 0.6) is 5.75 Å². The summed E-state index contributed by atoms with van der Waals surface area (Å²) in [6, 6.07) is 8.15. The molecule has 3 rings (SSSR count). The highest BCUT2D eigenvalue weighted by atomic mass is 16.5. The Kier molecular flexibility index (Phi) is 5.31. The SMILES string of the molecule is COc1cccc2c(C)cc(NCCCN3CCOCC3)nc12. The molecule has 0 atom stereocenters. The van der Waals surface area contributed by atoms with Gasteiger partial charge in [-0.3, -0.25) is 4.90 Å². The molecule has 0 aliphatic carbocycles. The lowest BCUT2D eigenvalue weighted by atomic mass is 10.1. The number of benzene rings is 1. The molecular formula is C18H25N3O2. The molecule has 1 aliphatic heterocycles. The highest BCUT2D eigenvalue weighted by molar-refractivity contribution is 5.88. The number of pyridine rings is 1. The first kappa shape index (κ1) is 16.0. The van der Waals surface area contributed by atoms with Gasteiger partial charge in [0.05, 0.1) is 20.3 Å². The van der Waals surface area contributed by atoms with E-state index in [0.29, 0.717) is 0 Å². The number of aromatic nitrogens is 1. The van der Waals surface area contributed by atoms with Crippen molar-refractivity contribution >= 4 is 16.7 Å². The van der Waals surface area contributed by atoms with Gasteiger partial charge in [0.25, 0.3) is 0 Å². The average molecular weight is 315 g/mol. The summed E-state index contributed by atoms with van der Waals surface area (Å²) >= 11 is 0. The Labute approximate surface area is 137 Å². The quantitative estimate of drug-likeness (QED) is 0.831. The molecular weight excluding hydrogens is 290 g/mol. The summed E-state index contributed by atoms with van der Waals surface area (Å²) in [5.41, 5.74) is 2.13. The zero-order chi connectivity index (χ0) is 16.1. The van der Waals surface area contributed by atoms with Gasteiger partial charge in [0.2, 0.25) is 0 Å². The summed E-state index contributed by atoms with van der Waals surface area (Å²) in [5, 5.41) is 4.59. The third-order valence-corrected chi connectivity index (χ3v) is 4.29. The summed E-state index contributed by atoms with van der Waals surface area (Å²) in [4.78, 5) is 7.17. The number of rotatable bonds is 6. The van der Waals surface area contributed by atoms with E-state index in [1.165, 1.54) is 5.56 Å². The van der Waals surface area contributed by atoms with Crippen molar-refractivity contribution in [3.63, 3.8) is 0 Å². The van der Waals surface area contributed by atoms with E-state index >= 15 is 0 Å². The van der Waals surface area contributed by atoms with Crippen LogP contribution in [0.15, 0.2) is 24.3 Å². The minimum atomic E-state index is 0.822. The molecule has 0 saturated carbocycles. The van der Waals surface area contributed by atoms with Crippen molar-refractivity contribution in [2.75, 3.05) is 51.8 Å². The van der Waals surface area contributed by atoms with E-state index in [9.17, 15) is 0 Å². The van der Waals surface area contributed by atoms with E-state index in [0.717, 1.165) is 68.3 Å². The number of aryl methyl sites for hydroxylation is 1. The molecule has 1 N–H and O–H groups in total. The predicted molar refractivity (Wildman–Crippen MR) is 93.4 cm³/mol. The Morgan fingerprint density at radius 2 is 2.13 bits per heavy atom. The first-order valence-electron chi connectivity index (χ1n) is 8.26. The predicted octanol–water partition coefficient (Wildman–Crippen LogP) is 2.69. The van der Waals surface area contributed by atoms with Crippen molar-refractivity contribution in [1.82, 2.24) is 9.88 Å². The molecule has 1 aromatic carbocycles. The lowest BCUT2D eigenvalue weighted by Crippen LogP contribution is -2.37. The van der Waals surface area contributed by atoms with Crippen molar-refractivity contribution in [1.29, 1.82) is 0 Å². The van der Waals surface area contributed by atoms with Gasteiger partial charge >= 0.3 is 0 Å². The highest BCUT2D eigenvalue weighted by Crippen LogP contribution is 2.27. The van der Waals surface area contributed by atoms with Crippen LogP contribution in [-0.4, -0.2) is 56.4 Å². The van der Waals surface area contributed by atoms with E-state index in [2.05, 4.69) is 29.3 Å². The lowest BCUT2D eigenvalue weighted by Gasteiger charge is -2.26. The fourth-order valence-corrected chi connectivity index (χ4v) is 2.99.